The number of nitrogens with zero attached hydrogens (tertiary/aromatic N) is 3. The molecule has 0 radical (unpaired) electrons. The summed E-state index contributed by atoms with van der Waals surface area (Å²) in [6.07, 6.45) is 3.21. The van der Waals surface area contributed by atoms with Crippen molar-refractivity contribution in [3.05, 3.63) is 83.4 Å². The average Bonchev–Trinajstić information content (AvgIpc) is 3.07. The quantitative estimate of drug-likeness (QED) is 0.788. The van der Waals surface area contributed by atoms with Crippen LogP contribution in [0.2, 0.25) is 0 Å². The standard InChI is InChI=1S/C18H18N4O/c1-14-4-2-3-5-17(14)18(23)20-10-15-6-8-16(9-7-15)11-22-13-19-12-21-22/h2-9,12-13H,10-11H2,1H3,(H,20,23). The molecule has 0 bridgehead atoms. The van der Waals surface area contributed by atoms with Crippen LogP contribution in [0.25, 0.3) is 0 Å². The van der Waals surface area contributed by atoms with Gasteiger partial charge < -0.3 is 5.32 Å². The molecule has 5 heteroatoms. The molecule has 0 unspecified atom stereocenters. The molecule has 3 aromatic rings. The Labute approximate surface area is 135 Å². The van der Waals surface area contributed by atoms with Crippen molar-refractivity contribution in [1.29, 1.82) is 0 Å². The van der Waals surface area contributed by atoms with Gasteiger partial charge in [-0.05, 0) is 29.7 Å². The van der Waals surface area contributed by atoms with Crippen molar-refractivity contribution in [3.8, 4) is 0 Å². The van der Waals surface area contributed by atoms with E-state index < -0.39 is 0 Å². The maximum Gasteiger partial charge on any atom is 0.251 e. The minimum absolute atomic E-state index is 0.0465. The van der Waals surface area contributed by atoms with Gasteiger partial charge in [-0.2, -0.15) is 5.10 Å². The van der Waals surface area contributed by atoms with Gasteiger partial charge in [-0.1, -0.05) is 42.5 Å². The molecule has 23 heavy (non-hydrogen) atoms. The van der Waals surface area contributed by atoms with Gasteiger partial charge in [0.05, 0.1) is 6.54 Å². The maximum absolute atomic E-state index is 12.2. The Balaban J connectivity index is 1.58. The summed E-state index contributed by atoms with van der Waals surface area (Å²) >= 11 is 0. The highest BCUT2D eigenvalue weighted by molar-refractivity contribution is 5.95. The monoisotopic (exact) mass is 306 g/mol. The fraction of sp³-hybridized carbons (Fsp3) is 0.167. The highest BCUT2D eigenvalue weighted by atomic mass is 16.1. The molecule has 0 saturated heterocycles. The van der Waals surface area contributed by atoms with Gasteiger partial charge in [0, 0.05) is 12.1 Å². The largest absolute Gasteiger partial charge is 0.348 e. The Kier molecular flexibility index (Phi) is 4.47. The zero-order valence-corrected chi connectivity index (χ0v) is 12.9. The Morgan fingerprint density at radius 3 is 2.52 bits per heavy atom. The smallest absolute Gasteiger partial charge is 0.251 e. The van der Waals surface area contributed by atoms with Gasteiger partial charge in [0.25, 0.3) is 5.91 Å². The first-order chi connectivity index (χ1) is 11.2. The molecule has 0 aliphatic carbocycles. The van der Waals surface area contributed by atoms with Gasteiger partial charge >= 0.3 is 0 Å². The molecule has 116 valence electrons. The summed E-state index contributed by atoms with van der Waals surface area (Å²) in [5, 5.41) is 7.04. The molecule has 0 fully saturated rings. The van der Waals surface area contributed by atoms with Crippen molar-refractivity contribution >= 4 is 5.91 Å². The lowest BCUT2D eigenvalue weighted by molar-refractivity contribution is 0.0950. The SMILES string of the molecule is Cc1ccccc1C(=O)NCc1ccc(Cn2cncn2)cc1. The molecule has 1 heterocycles. The highest BCUT2D eigenvalue weighted by Gasteiger charge is 2.07. The first-order valence-corrected chi connectivity index (χ1v) is 7.46. The summed E-state index contributed by atoms with van der Waals surface area (Å²) in [6.45, 7) is 3.14. The number of aryl methyl sites for hydroxylation is 1. The number of amides is 1. The topological polar surface area (TPSA) is 59.8 Å². The lowest BCUT2D eigenvalue weighted by atomic mass is 10.1. The summed E-state index contributed by atoms with van der Waals surface area (Å²) in [6, 6.07) is 15.7. The van der Waals surface area contributed by atoms with Crippen molar-refractivity contribution in [2.75, 3.05) is 0 Å². The van der Waals surface area contributed by atoms with E-state index in [-0.39, 0.29) is 5.91 Å². The second-order valence-corrected chi connectivity index (χ2v) is 5.41. The number of rotatable bonds is 5. The zero-order valence-electron chi connectivity index (χ0n) is 12.9. The predicted octanol–water partition coefficient (Wildman–Crippen LogP) is 2.56. The van der Waals surface area contributed by atoms with Crippen LogP contribution in [0.1, 0.15) is 27.0 Å². The van der Waals surface area contributed by atoms with E-state index in [0.29, 0.717) is 13.1 Å². The number of hydrogen-bond acceptors (Lipinski definition) is 3. The van der Waals surface area contributed by atoms with Gasteiger partial charge in [0.1, 0.15) is 12.7 Å². The van der Waals surface area contributed by atoms with Crippen LogP contribution in [-0.4, -0.2) is 20.7 Å². The highest BCUT2D eigenvalue weighted by Crippen LogP contribution is 2.09. The summed E-state index contributed by atoms with van der Waals surface area (Å²) in [7, 11) is 0. The lowest BCUT2D eigenvalue weighted by Gasteiger charge is -2.08. The summed E-state index contributed by atoms with van der Waals surface area (Å²) in [5.74, 6) is -0.0465. The number of aromatic nitrogens is 3. The summed E-state index contributed by atoms with van der Waals surface area (Å²) in [5.41, 5.74) is 3.90. The van der Waals surface area contributed by atoms with E-state index in [2.05, 4.69) is 15.4 Å². The van der Waals surface area contributed by atoms with Crippen molar-refractivity contribution in [2.24, 2.45) is 0 Å². The van der Waals surface area contributed by atoms with Crippen LogP contribution in [0.15, 0.2) is 61.2 Å². The minimum Gasteiger partial charge on any atom is -0.348 e. The van der Waals surface area contributed by atoms with E-state index in [1.165, 1.54) is 6.33 Å². The molecule has 5 nitrogen and oxygen atoms in total. The molecule has 0 aliphatic rings. The molecule has 1 N–H and O–H groups in total. The minimum atomic E-state index is -0.0465. The third-order valence-corrected chi connectivity index (χ3v) is 3.68. The molecule has 1 amide bonds. The van der Waals surface area contributed by atoms with Crippen LogP contribution in [0.4, 0.5) is 0 Å². The first kappa shape index (κ1) is 15.0. The van der Waals surface area contributed by atoms with Gasteiger partial charge in [0.15, 0.2) is 0 Å². The van der Waals surface area contributed by atoms with E-state index in [1.807, 2.05) is 55.5 Å². The van der Waals surface area contributed by atoms with Crippen LogP contribution >= 0.6 is 0 Å². The number of nitrogens with one attached hydrogen (secondary N) is 1. The number of carbonyl (C=O) groups is 1. The molecule has 3 rings (SSSR count). The molecule has 0 atom stereocenters. The molecule has 0 spiro atoms. The van der Waals surface area contributed by atoms with Crippen molar-refractivity contribution in [3.63, 3.8) is 0 Å². The molecule has 0 saturated carbocycles. The van der Waals surface area contributed by atoms with Crippen LogP contribution < -0.4 is 5.32 Å². The Hall–Kier alpha value is -2.95. The normalized spacial score (nSPS) is 10.5. The van der Waals surface area contributed by atoms with E-state index in [4.69, 9.17) is 0 Å². The third kappa shape index (κ3) is 3.83. The molecule has 1 aromatic heterocycles. The molecule has 0 aliphatic heterocycles. The van der Waals surface area contributed by atoms with Gasteiger partial charge in [-0.3, -0.25) is 4.79 Å². The molecular formula is C18H18N4O. The van der Waals surface area contributed by atoms with Gasteiger partial charge in [0.2, 0.25) is 0 Å². The summed E-state index contributed by atoms with van der Waals surface area (Å²) < 4.78 is 1.77. The number of benzene rings is 2. The van der Waals surface area contributed by atoms with Gasteiger partial charge in [-0.15, -0.1) is 0 Å². The maximum atomic E-state index is 12.2. The zero-order chi connectivity index (χ0) is 16.1. The molecular weight excluding hydrogens is 288 g/mol. The lowest BCUT2D eigenvalue weighted by Crippen LogP contribution is -2.23. The Bertz CT molecular complexity index is 779. The van der Waals surface area contributed by atoms with Crippen molar-refractivity contribution in [1.82, 2.24) is 20.1 Å². The fourth-order valence-electron chi connectivity index (χ4n) is 2.37. The summed E-state index contributed by atoms with van der Waals surface area (Å²) in [4.78, 5) is 16.1. The second-order valence-electron chi connectivity index (χ2n) is 5.41. The van der Waals surface area contributed by atoms with Crippen LogP contribution in [0.3, 0.4) is 0 Å². The fourth-order valence-corrected chi connectivity index (χ4v) is 2.37. The van der Waals surface area contributed by atoms with E-state index in [1.54, 1.807) is 11.0 Å². The van der Waals surface area contributed by atoms with Crippen LogP contribution in [0, 0.1) is 6.92 Å². The third-order valence-electron chi connectivity index (χ3n) is 3.68. The Morgan fingerprint density at radius 1 is 1.09 bits per heavy atom. The van der Waals surface area contributed by atoms with Gasteiger partial charge in [-0.25, -0.2) is 9.67 Å². The van der Waals surface area contributed by atoms with E-state index >= 15 is 0 Å². The van der Waals surface area contributed by atoms with Crippen molar-refractivity contribution in [2.45, 2.75) is 20.0 Å². The predicted molar refractivity (Wildman–Crippen MR) is 87.9 cm³/mol. The number of carbonyl (C=O) groups excluding carboxylic acids is 1. The average molecular weight is 306 g/mol. The molecule has 2 aromatic carbocycles. The Morgan fingerprint density at radius 2 is 1.83 bits per heavy atom. The van der Waals surface area contributed by atoms with Crippen molar-refractivity contribution < 1.29 is 4.79 Å². The van der Waals surface area contributed by atoms with Crippen LogP contribution in [0.5, 0.6) is 0 Å². The first-order valence-electron chi connectivity index (χ1n) is 7.46. The second kappa shape index (κ2) is 6.87. The number of hydrogen-bond donors (Lipinski definition) is 1. The van der Waals surface area contributed by atoms with Crippen LogP contribution in [-0.2, 0) is 13.1 Å². The van der Waals surface area contributed by atoms with E-state index in [0.717, 1.165) is 22.3 Å². The van der Waals surface area contributed by atoms with E-state index in [9.17, 15) is 4.79 Å².